The van der Waals surface area contributed by atoms with Gasteiger partial charge >= 0.3 is 0 Å². The van der Waals surface area contributed by atoms with E-state index in [4.69, 9.17) is 0 Å². The van der Waals surface area contributed by atoms with Crippen LogP contribution in [0.25, 0.3) is 0 Å². The van der Waals surface area contributed by atoms with Crippen LogP contribution < -0.4 is 5.32 Å². The number of para-hydroxylation sites is 1. The quantitative estimate of drug-likeness (QED) is 0.886. The lowest BCUT2D eigenvalue weighted by molar-refractivity contribution is -0.117. The summed E-state index contributed by atoms with van der Waals surface area (Å²) in [7, 11) is 0. The highest BCUT2D eigenvalue weighted by molar-refractivity contribution is 5.91. The summed E-state index contributed by atoms with van der Waals surface area (Å²) >= 11 is 0. The third-order valence-corrected chi connectivity index (χ3v) is 4.56. The largest absolute Gasteiger partial charge is 0.321 e. The molecule has 2 aliphatic rings. The smallest absolute Gasteiger partial charge is 0.224 e. The summed E-state index contributed by atoms with van der Waals surface area (Å²) in [5.41, 5.74) is -0.323. The molecule has 3 atom stereocenters. The molecular weight excluding hydrogens is 248 g/mol. The summed E-state index contributed by atoms with van der Waals surface area (Å²) in [6.45, 7) is 0. The number of anilines is 1. The zero-order valence-electron chi connectivity index (χ0n) is 10.7. The predicted octanol–water partition coefficient (Wildman–Crippen LogP) is 3.73. The van der Waals surface area contributed by atoms with E-state index < -0.39 is 11.6 Å². The number of benzene rings is 1. The summed E-state index contributed by atoms with van der Waals surface area (Å²) in [6, 6.07) is 3.59. The van der Waals surface area contributed by atoms with Crippen molar-refractivity contribution in [2.45, 2.75) is 32.1 Å². The van der Waals surface area contributed by atoms with Crippen molar-refractivity contribution in [3.63, 3.8) is 0 Å². The second-order valence-electron chi connectivity index (χ2n) is 5.78. The average molecular weight is 265 g/mol. The minimum absolute atomic E-state index is 0.276. The number of fused-ring (bicyclic) bond motifs is 2. The highest BCUT2D eigenvalue weighted by Gasteiger charge is 2.40. The molecule has 3 unspecified atom stereocenters. The van der Waals surface area contributed by atoms with Crippen LogP contribution in [0.15, 0.2) is 18.2 Å². The van der Waals surface area contributed by atoms with Crippen molar-refractivity contribution in [2.75, 3.05) is 5.32 Å². The Bertz CT molecular complexity index is 483. The molecule has 4 heteroatoms. The molecule has 1 N–H and O–H groups in total. The summed E-state index contributed by atoms with van der Waals surface area (Å²) < 4.78 is 26.8. The Hall–Kier alpha value is -1.45. The highest BCUT2D eigenvalue weighted by Crippen LogP contribution is 2.49. The van der Waals surface area contributed by atoms with Crippen LogP contribution in [0, 0.1) is 29.4 Å². The second kappa shape index (κ2) is 4.91. The fourth-order valence-corrected chi connectivity index (χ4v) is 3.67. The Kier molecular flexibility index (Phi) is 3.25. The molecule has 2 nitrogen and oxygen atoms in total. The van der Waals surface area contributed by atoms with Crippen molar-refractivity contribution in [1.82, 2.24) is 0 Å². The fraction of sp³-hybridized carbons (Fsp3) is 0.533. The van der Waals surface area contributed by atoms with Gasteiger partial charge in [0.15, 0.2) is 0 Å². The van der Waals surface area contributed by atoms with Gasteiger partial charge in [0, 0.05) is 6.42 Å². The Balaban J connectivity index is 1.62. The Labute approximate surface area is 111 Å². The van der Waals surface area contributed by atoms with E-state index in [0.29, 0.717) is 18.3 Å². The van der Waals surface area contributed by atoms with Crippen molar-refractivity contribution >= 4 is 11.6 Å². The van der Waals surface area contributed by atoms with Gasteiger partial charge in [-0.2, -0.15) is 0 Å². The number of halogens is 2. The lowest BCUT2D eigenvalue weighted by Gasteiger charge is -2.21. The molecule has 0 saturated heterocycles. The van der Waals surface area contributed by atoms with Gasteiger partial charge in [0.2, 0.25) is 5.91 Å². The first-order valence-corrected chi connectivity index (χ1v) is 6.87. The van der Waals surface area contributed by atoms with Crippen molar-refractivity contribution in [3.05, 3.63) is 29.8 Å². The predicted molar refractivity (Wildman–Crippen MR) is 68.5 cm³/mol. The molecule has 2 fully saturated rings. The molecule has 19 heavy (non-hydrogen) atoms. The molecule has 1 aromatic carbocycles. The van der Waals surface area contributed by atoms with Gasteiger partial charge in [-0.15, -0.1) is 0 Å². The lowest BCUT2D eigenvalue weighted by Crippen LogP contribution is -2.21. The summed E-state index contributed by atoms with van der Waals surface area (Å²) in [5.74, 6) is 0.0898. The van der Waals surface area contributed by atoms with E-state index in [0.717, 1.165) is 24.5 Å². The van der Waals surface area contributed by atoms with Crippen LogP contribution in [0.3, 0.4) is 0 Å². The van der Waals surface area contributed by atoms with Gasteiger partial charge < -0.3 is 5.32 Å². The minimum Gasteiger partial charge on any atom is -0.321 e. The maximum absolute atomic E-state index is 13.4. The molecule has 0 radical (unpaired) electrons. The Morgan fingerprint density at radius 1 is 1.21 bits per heavy atom. The molecular formula is C15H17F2NO. The number of rotatable bonds is 3. The van der Waals surface area contributed by atoms with E-state index in [1.807, 2.05) is 0 Å². The molecule has 2 aliphatic carbocycles. The van der Waals surface area contributed by atoms with Gasteiger partial charge in [0.25, 0.3) is 0 Å². The van der Waals surface area contributed by atoms with E-state index in [-0.39, 0.29) is 11.6 Å². The monoisotopic (exact) mass is 265 g/mol. The van der Waals surface area contributed by atoms with Crippen molar-refractivity contribution in [2.24, 2.45) is 17.8 Å². The molecule has 1 amide bonds. The average Bonchev–Trinajstić information content (AvgIpc) is 2.96. The molecule has 3 rings (SSSR count). The van der Waals surface area contributed by atoms with Crippen LogP contribution in [-0.2, 0) is 4.79 Å². The van der Waals surface area contributed by atoms with Gasteiger partial charge in [0.05, 0.1) is 0 Å². The van der Waals surface area contributed by atoms with Crippen LogP contribution in [0.4, 0.5) is 14.5 Å². The molecule has 0 spiro atoms. The maximum Gasteiger partial charge on any atom is 0.224 e. The fourth-order valence-electron chi connectivity index (χ4n) is 3.67. The van der Waals surface area contributed by atoms with Crippen LogP contribution >= 0.6 is 0 Å². The number of hydrogen-bond acceptors (Lipinski definition) is 1. The lowest BCUT2D eigenvalue weighted by atomic mass is 9.86. The van der Waals surface area contributed by atoms with Crippen molar-refractivity contribution < 1.29 is 13.6 Å². The first-order chi connectivity index (χ1) is 9.13. The number of carbonyl (C=O) groups is 1. The first-order valence-electron chi connectivity index (χ1n) is 6.87. The number of amides is 1. The third kappa shape index (κ3) is 2.48. The Morgan fingerprint density at radius 3 is 2.53 bits per heavy atom. The van der Waals surface area contributed by atoms with Crippen LogP contribution in [0.1, 0.15) is 32.1 Å². The molecule has 0 heterocycles. The standard InChI is InChI=1S/C15H17F2NO/c16-12-2-1-3-13(17)15(12)18-14(19)8-11-7-9-4-5-10(11)6-9/h1-3,9-11H,4-8H2,(H,18,19). The molecule has 102 valence electrons. The summed E-state index contributed by atoms with van der Waals surface area (Å²) in [5, 5.41) is 2.38. The van der Waals surface area contributed by atoms with E-state index in [2.05, 4.69) is 5.32 Å². The van der Waals surface area contributed by atoms with Gasteiger partial charge in [-0.25, -0.2) is 8.78 Å². The van der Waals surface area contributed by atoms with E-state index >= 15 is 0 Å². The third-order valence-electron chi connectivity index (χ3n) is 4.56. The SMILES string of the molecule is O=C(CC1CC2CCC1C2)Nc1c(F)cccc1F. The highest BCUT2D eigenvalue weighted by atomic mass is 19.1. The van der Waals surface area contributed by atoms with Gasteiger partial charge in [-0.1, -0.05) is 12.5 Å². The normalized spacial score (nSPS) is 28.6. The first kappa shape index (κ1) is 12.6. The van der Waals surface area contributed by atoms with Gasteiger partial charge in [-0.05, 0) is 49.1 Å². The molecule has 2 saturated carbocycles. The zero-order valence-corrected chi connectivity index (χ0v) is 10.7. The van der Waals surface area contributed by atoms with E-state index in [1.54, 1.807) is 0 Å². The van der Waals surface area contributed by atoms with Gasteiger partial charge in [0.1, 0.15) is 17.3 Å². The number of carbonyl (C=O) groups excluding carboxylic acids is 1. The topological polar surface area (TPSA) is 29.1 Å². The second-order valence-corrected chi connectivity index (χ2v) is 5.78. The van der Waals surface area contributed by atoms with E-state index in [9.17, 15) is 13.6 Å². The van der Waals surface area contributed by atoms with Crippen LogP contribution in [0.5, 0.6) is 0 Å². The van der Waals surface area contributed by atoms with E-state index in [1.165, 1.54) is 25.3 Å². The number of hydrogen-bond donors (Lipinski definition) is 1. The summed E-state index contributed by atoms with van der Waals surface area (Å²) in [6.07, 6.45) is 5.19. The van der Waals surface area contributed by atoms with Gasteiger partial charge in [-0.3, -0.25) is 4.79 Å². The summed E-state index contributed by atoms with van der Waals surface area (Å²) in [4.78, 5) is 11.9. The van der Waals surface area contributed by atoms with Crippen LogP contribution in [0.2, 0.25) is 0 Å². The Morgan fingerprint density at radius 2 is 1.95 bits per heavy atom. The molecule has 0 aliphatic heterocycles. The molecule has 0 aromatic heterocycles. The molecule has 1 aromatic rings. The maximum atomic E-state index is 13.4. The minimum atomic E-state index is -0.721. The molecule has 2 bridgehead atoms. The van der Waals surface area contributed by atoms with Crippen molar-refractivity contribution in [3.8, 4) is 0 Å². The van der Waals surface area contributed by atoms with Crippen LogP contribution in [-0.4, -0.2) is 5.91 Å². The van der Waals surface area contributed by atoms with Crippen molar-refractivity contribution in [1.29, 1.82) is 0 Å². The number of nitrogens with one attached hydrogen (secondary N) is 1. The zero-order chi connectivity index (χ0) is 13.4.